The van der Waals surface area contributed by atoms with E-state index in [1.807, 2.05) is 18.9 Å². The van der Waals surface area contributed by atoms with E-state index in [-0.39, 0.29) is 12.6 Å². The van der Waals surface area contributed by atoms with Gasteiger partial charge in [0.25, 0.3) is 0 Å². The third-order valence-corrected chi connectivity index (χ3v) is 2.37. The summed E-state index contributed by atoms with van der Waals surface area (Å²) in [4.78, 5) is 1.89. The number of hydrogen-bond donors (Lipinski definition) is 2. The van der Waals surface area contributed by atoms with Crippen molar-refractivity contribution in [3.05, 3.63) is 5.89 Å². The lowest BCUT2D eigenvalue weighted by atomic mass is 10.3. The zero-order chi connectivity index (χ0) is 12.0. The Labute approximate surface area is 95.7 Å². The number of hydrogen-bond acceptors (Lipinski definition) is 6. The Morgan fingerprint density at radius 1 is 1.44 bits per heavy atom. The molecule has 16 heavy (non-hydrogen) atoms. The Balaban J connectivity index is 2.72. The van der Waals surface area contributed by atoms with Gasteiger partial charge in [0.05, 0.1) is 12.6 Å². The second kappa shape index (κ2) is 6.44. The van der Waals surface area contributed by atoms with Gasteiger partial charge in [0, 0.05) is 13.1 Å². The Kier molecular flexibility index (Phi) is 5.21. The average Bonchev–Trinajstić information content (AvgIpc) is 2.77. The molecule has 0 spiro atoms. The van der Waals surface area contributed by atoms with Crippen LogP contribution in [0.15, 0.2) is 4.42 Å². The Hall–Kier alpha value is -1.14. The molecular formula is C10H20N4O2. The molecule has 92 valence electrons. The second-order valence-corrected chi connectivity index (χ2v) is 3.64. The lowest BCUT2D eigenvalue weighted by Crippen LogP contribution is -2.27. The molecule has 1 aromatic heterocycles. The van der Waals surface area contributed by atoms with Gasteiger partial charge >= 0.3 is 6.01 Å². The molecule has 1 unspecified atom stereocenters. The van der Waals surface area contributed by atoms with Crippen molar-refractivity contribution in [3.63, 3.8) is 0 Å². The van der Waals surface area contributed by atoms with E-state index in [2.05, 4.69) is 22.4 Å². The van der Waals surface area contributed by atoms with Crippen molar-refractivity contribution in [2.45, 2.75) is 26.3 Å². The van der Waals surface area contributed by atoms with Crippen LogP contribution in [0.1, 0.15) is 32.2 Å². The molecule has 6 nitrogen and oxygen atoms in total. The van der Waals surface area contributed by atoms with E-state index < -0.39 is 0 Å². The SMILES string of the molecule is CCCN(CCO)c1nnc(C(C)NC)o1. The maximum absolute atomic E-state index is 8.94. The van der Waals surface area contributed by atoms with Gasteiger partial charge in [-0.05, 0) is 20.4 Å². The summed E-state index contributed by atoms with van der Waals surface area (Å²) in [5, 5.41) is 19.9. The number of rotatable bonds is 7. The van der Waals surface area contributed by atoms with E-state index in [0.717, 1.165) is 13.0 Å². The van der Waals surface area contributed by atoms with E-state index in [1.54, 1.807) is 0 Å². The molecule has 0 amide bonds. The average molecular weight is 228 g/mol. The minimum absolute atomic E-state index is 0.0406. The Morgan fingerprint density at radius 3 is 2.75 bits per heavy atom. The fourth-order valence-electron chi connectivity index (χ4n) is 1.35. The largest absolute Gasteiger partial charge is 0.406 e. The number of nitrogens with zero attached hydrogens (tertiary/aromatic N) is 3. The number of aromatic nitrogens is 2. The van der Waals surface area contributed by atoms with Crippen LogP contribution >= 0.6 is 0 Å². The molecule has 0 aliphatic heterocycles. The van der Waals surface area contributed by atoms with Gasteiger partial charge in [0.1, 0.15) is 0 Å². The first kappa shape index (κ1) is 12.9. The molecular weight excluding hydrogens is 208 g/mol. The third kappa shape index (κ3) is 3.18. The number of aliphatic hydroxyl groups excluding tert-OH is 1. The summed E-state index contributed by atoms with van der Waals surface area (Å²) in [6.07, 6.45) is 0.972. The Bertz CT molecular complexity index is 297. The predicted octanol–water partition coefficient (Wildman–Crippen LogP) is 0.559. The smallest absolute Gasteiger partial charge is 0.318 e. The maximum Gasteiger partial charge on any atom is 0.318 e. The van der Waals surface area contributed by atoms with Crippen LogP contribution in [0.25, 0.3) is 0 Å². The fourth-order valence-corrected chi connectivity index (χ4v) is 1.35. The van der Waals surface area contributed by atoms with Crippen LogP contribution in [-0.4, -0.2) is 42.0 Å². The second-order valence-electron chi connectivity index (χ2n) is 3.64. The summed E-state index contributed by atoms with van der Waals surface area (Å²) >= 11 is 0. The van der Waals surface area contributed by atoms with Gasteiger partial charge < -0.3 is 19.7 Å². The van der Waals surface area contributed by atoms with Gasteiger partial charge in [-0.15, -0.1) is 5.10 Å². The van der Waals surface area contributed by atoms with Gasteiger partial charge in [-0.2, -0.15) is 0 Å². The molecule has 2 N–H and O–H groups in total. The topological polar surface area (TPSA) is 74.4 Å². The molecule has 0 saturated heterocycles. The van der Waals surface area contributed by atoms with E-state index in [0.29, 0.717) is 18.5 Å². The minimum atomic E-state index is 0.0406. The molecule has 6 heteroatoms. The van der Waals surface area contributed by atoms with Crippen LogP contribution in [-0.2, 0) is 0 Å². The summed E-state index contributed by atoms with van der Waals surface area (Å²) in [6.45, 7) is 5.42. The van der Waals surface area contributed by atoms with Crippen LogP contribution < -0.4 is 10.2 Å². The molecule has 0 saturated carbocycles. The van der Waals surface area contributed by atoms with Gasteiger partial charge in [-0.1, -0.05) is 12.0 Å². The summed E-state index contributed by atoms with van der Waals surface area (Å²) in [6, 6.07) is 0.520. The highest BCUT2D eigenvalue weighted by Crippen LogP contribution is 2.16. The van der Waals surface area contributed by atoms with Gasteiger partial charge in [-0.25, -0.2) is 0 Å². The van der Waals surface area contributed by atoms with Crippen LogP contribution in [0.5, 0.6) is 0 Å². The quantitative estimate of drug-likeness (QED) is 0.710. The summed E-state index contributed by atoms with van der Waals surface area (Å²) < 4.78 is 5.53. The van der Waals surface area contributed by atoms with Crippen LogP contribution in [0.4, 0.5) is 6.01 Å². The summed E-state index contributed by atoms with van der Waals surface area (Å²) in [5.74, 6) is 0.566. The van der Waals surface area contributed by atoms with Gasteiger partial charge in [0.15, 0.2) is 0 Å². The molecule has 1 aromatic rings. The monoisotopic (exact) mass is 228 g/mol. The summed E-state index contributed by atoms with van der Waals surface area (Å²) in [5.41, 5.74) is 0. The zero-order valence-corrected chi connectivity index (χ0v) is 10.1. The first-order valence-corrected chi connectivity index (χ1v) is 5.59. The molecule has 0 fully saturated rings. The highest BCUT2D eigenvalue weighted by molar-refractivity contribution is 5.23. The van der Waals surface area contributed by atoms with E-state index in [1.165, 1.54) is 0 Å². The van der Waals surface area contributed by atoms with Gasteiger partial charge in [0.2, 0.25) is 5.89 Å². The first-order chi connectivity index (χ1) is 7.72. The maximum atomic E-state index is 8.94. The number of nitrogens with one attached hydrogen (secondary N) is 1. The highest BCUT2D eigenvalue weighted by atomic mass is 16.4. The van der Waals surface area contributed by atoms with Crippen molar-refractivity contribution in [1.82, 2.24) is 15.5 Å². The molecule has 0 aliphatic carbocycles. The molecule has 0 aliphatic rings. The van der Waals surface area contributed by atoms with Crippen molar-refractivity contribution < 1.29 is 9.52 Å². The van der Waals surface area contributed by atoms with Crippen LogP contribution in [0.2, 0.25) is 0 Å². The van der Waals surface area contributed by atoms with E-state index >= 15 is 0 Å². The van der Waals surface area contributed by atoms with E-state index in [4.69, 9.17) is 9.52 Å². The summed E-state index contributed by atoms with van der Waals surface area (Å²) in [7, 11) is 1.84. The predicted molar refractivity (Wildman–Crippen MR) is 61.4 cm³/mol. The standard InChI is InChI=1S/C10H20N4O2/c1-4-5-14(6-7-15)10-13-12-9(16-10)8(2)11-3/h8,11,15H,4-7H2,1-3H3. The van der Waals surface area contributed by atoms with Crippen molar-refractivity contribution >= 4 is 6.01 Å². The van der Waals surface area contributed by atoms with Crippen molar-refractivity contribution in [2.75, 3.05) is 31.6 Å². The van der Waals surface area contributed by atoms with Crippen LogP contribution in [0, 0.1) is 0 Å². The van der Waals surface area contributed by atoms with Crippen molar-refractivity contribution in [2.24, 2.45) is 0 Å². The van der Waals surface area contributed by atoms with Crippen molar-refractivity contribution in [3.8, 4) is 0 Å². The molecule has 1 atom stereocenters. The van der Waals surface area contributed by atoms with Gasteiger partial charge in [-0.3, -0.25) is 0 Å². The molecule has 0 radical (unpaired) electrons. The minimum Gasteiger partial charge on any atom is -0.406 e. The molecule has 0 aromatic carbocycles. The zero-order valence-electron chi connectivity index (χ0n) is 10.1. The molecule has 1 heterocycles. The molecule has 1 rings (SSSR count). The molecule has 0 bridgehead atoms. The number of anilines is 1. The lowest BCUT2D eigenvalue weighted by Gasteiger charge is -2.17. The Morgan fingerprint density at radius 2 is 2.19 bits per heavy atom. The normalized spacial score (nSPS) is 12.8. The van der Waals surface area contributed by atoms with Crippen LogP contribution in [0.3, 0.4) is 0 Å². The van der Waals surface area contributed by atoms with Crippen molar-refractivity contribution in [1.29, 1.82) is 0 Å². The first-order valence-electron chi connectivity index (χ1n) is 5.59. The fraction of sp³-hybridized carbons (Fsp3) is 0.800. The lowest BCUT2D eigenvalue weighted by molar-refractivity contribution is 0.297. The third-order valence-electron chi connectivity index (χ3n) is 2.37. The number of aliphatic hydroxyl groups is 1. The van der Waals surface area contributed by atoms with E-state index in [9.17, 15) is 0 Å². The highest BCUT2D eigenvalue weighted by Gasteiger charge is 2.16.